The van der Waals surface area contributed by atoms with Crippen LogP contribution in [0.1, 0.15) is 42.7 Å². The minimum Gasteiger partial charge on any atom is -0.496 e. The van der Waals surface area contributed by atoms with Gasteiger partial charge in [-0.25, -0.2) is 0 Å². The molecule has 0 saturated heterocycles. The molecule has 0 aliphatic heterocycles. The number of aliphatic hydroxyl groups excluding tert-OH is 1. The molecule has 1 N–H and O–H groups in total. The molecule has 1 atom stereocenters. The molecule has 2 heteroatoms. The van der Waals surface area contributed by atoms with Gasteiger partial charge in [-0.05, 0) is 36.0 Å². The molecule has 0 amide bonds. The van der Waals surface area contributed by atoms with Crippen LogP contribution in [0.25, 0.3) is 0 Å². The fourth-order valence-electron chi connectivity index (χ4n) is 1.91. The zero-order valence-corrected chi connectivity index (χ0v) is 9.36. The third-order valence-electron chi connectivity index (χ3n) is 3.11. The number of benzene rings is 1. The smallest absolute Gasteiger partial charge is 0.122 e. The van der Waals surface area contributed by atoms with Gasteiger partial charge in [0.2, 0.25) is 0 Å². The van der Waals surface area contributed by atoms with E-state index in [1.807, 2.05) is 13.0 Å². The Hall–Kier alpha value is -1.02. The standard InChI is InChI=1S/C13H18O2/c1-9(8-14)12-7-11(10-3-4-10)5-6-13(12)15-2/h5-7,9-10,14H,3-4,8H2,1-2H3. The van der Waals surface area contributed by atoms with Crippen LogP contribution in [-0.4, -0.2) is 18.8 Å². The molecule has 0 bridgehead atoms. The SMILES string of the molecule is COc1ccc(C2CC2)cc1C(C)CO. The van der Waals surface area contributed by atoms with Gasteiger partial charge in [0, 0.05) is 12.5 Å². The monoisotopic (exact) mass is 206 g/mol. The Morgan fingerprint density at radius 3 is 2.73 bits per heavy atom. The van der Waals surface area contributed by atoms with Crippen molar-refractivity contribution in [3.8, 4) is 5.75 Å². The largest absolute Gasteiger partial charge is 0.496 e. The summed E-state index contributed by atoms with van der Waals surface area (Å²) in [6.07, 6.45) is 2.61. The van der Waals surface area contributed by atoms with E-state index < -0.39 is 0 Å². The summed E-state index contributed by atoms with van der Waals surface area (Å²) >= 11 is 0. The van der Waals surface area contributed by atoms with Crippen LogP contribution >= 0.6 is 0 Å². The Labute approximate surface area is 90.9 Å². The maximum Gasteiger partial charge on any atom is 0.122 e. The molecule has 1 fully saturated rings. The predicted molar refractivity (Wildman–Crippen MR) is 60.5 cm³/mol. The second-order valence-corrected chi connectivity index (χ2v) is 4.36. The summed E-state index contributed by atoms with van der Waals surface area (Å²) in [4.78, 5) is 0. The summed E-state index contributed by atoms with van der Waals surface area (Å²) in [5.41, 5.74) is 2.52. The van der Waals surface area contributed by atoms with Crippen molar-refractivity contribution in [3.63, 3.8) is 0 Å². The average molecular weight is 206 g/mol. The van der Waals surface area contributed by atoms with Crippen molar-refractivity contribution >= 4 is 0 Å². The number of hydrogen-bond donors (Lipinski definition) is 1. The molecule has 0 spiro atoms. The maximum atomic E-state index is 9.20. The molecule has 82 valence electrons. The highest BCUT2D eigenvalue weighted by Crippen LogP contribution is 2.42. The molecule has 1 saturated carbocycles. The van der Waals surface area contributed by atoms with Crippen LogP contribution in [0.2, 0.25) is 0 Å². The molecule has 1 aromatic carbocycles. The van der Waals surface area contributed by atoms with Crippen LogP contribution in [0, 0.1) is 0 Å². The summed E-state index contributed by atoms with van der Waals surface area (Å²) in [5.74, 6) is 1.79. The fourth-order valence-corrected chi connectivity index (χ4v) is 1.91. The molecular weight excluding hydrogens is 188 g/mol. The first-order valence-electron chi connectivity index (χ1n) is 5.55. The molecule has 1 unspecified atom stereocenters. The Bertz CT molecular complexity index is 342. The van der Waals surface area contributed by atoms with Gasteiger partial charge in [0.1, 0.15) is 5.75 Å². The van der Waals surface area contributed by atoms with Crippen molar-refractivity contribution in [1.82, 2.24) is 0 Å². The van der Waals surface area contributed by atoms with Crippen molar-refractivity contribution < 1.29 is 9.84 Å². The number of ether oxygens (including phenoxy) is 1. The van der Waals surface area contributed by atoms with Gasteiger partial charge in [0.05, 0.1) is 7.11 Å². The van der Waals surface area contributed by atoms with Crippen molar-refractivity contribution in [3.05, 3.63) is 29.3 Å². The quantitative estimate of drug-likeness (QED) is 0.820. The van der Waals surface area contributed by atoms with E-state index in [9.17, 15) is 5.11 Å². The molecule has 2 rings (SSSR count). The summed E-state index contributed by atoms with van der Waals surface area (Å²) in [7, 11) is 1.68. The van der Waals surface area contributed by atoms with Crippen molar-refractivity contribution in [2.45, 2.75) is 31.6 Å². The van der Waals surface area contributed by atoms with Crippen LogP contribution in [0.15, 0.2) is 18.2 Å². The van der Waals surface area contributed by atoms with Gasteiger partial charge in [-0.15, -0.1) is 0 Å². The minimum atomic E-state index is 0.152. The number of aliphatic hydroxyl groups is 1. The van der Waals surface area contributed by atoms with Crippen LogP contribution in [0.3, 0.4) is 0 Å². The summed E-state index contributed by atoms with van der Waals surface area (Å²) in [6, 6.07) is 6.36. The molecule has 2 nitrogen and oxygen atoms in total. The Morgan fingerprint density at radius 1 is 1.47 bits per heavy atom. The molecule has 15 heavy (non-hydrogen) atoms. The summed E-state index contributed by atoms with van der Waals surface area (Å²) in [6.45, 7) is 2.19. The Morgan fingerprint density at radius 2 is 2.20 bits per heavy atom. The molecule has 0 radical (unpaired) electrons. The first-order chi connectivity index (χ1) is 7.26. The Balaban J connectivity index is 2.33. The normalized spacial score (nSPS) is 17.5. The number of rotatable bonds is 4. The lowest BCUT2D eigenvalue weighted by Gasteiger charge is -2.14. The number of methoxy groups -OCH3 is 1. The van der Waals surface area contributed by atoms with Gasteiger partial charge in [0.25, 0.3) is 0 Å². The Kier molecular flexibility index (Phi) is 2.96. The van der Waals surface area contributed by atoms with Crippen LogP contribution in [0.4, 0.5) is 0 Å². The van der Waals surface area contributed by atoms with E-state index in [0.29, 0.717) is 0 Å². The van der Waals surface area contributed by atoms with E-state index in [1.165, 1.54) is 18.4 Å². The third-order valence-corrected chi connectivity index (χ3v) is 3.11. The van der Waals surface area contributed by atoms with Gasteiger partial charge >= 0.3 is 0 Å². The first kappa shape index (κ1) is 10.5. The maximum absolute atomic E-state index is 9.20. The van der Waals surface area contributed by atoms with Crippen LogP contribution < -0.4 is 4.74 Å². The molecule has 0 heterocycles. The van der Waals surface area contributed by atoms with Crippen molar-refractivity contribution in [2.75, 3.05) is 13.7 Å². The summed E-state index contributed by atoms with van der Waals surface area (Å²) < 4.78 is 5.31. The van der Waals surface area contributed by atoms with Gasteiger partial charge in [0.15, 0.2) is 0 Å². The molecular formula is C13H18O2. The molecule has 1 aliphatic carbocycles. The zero-order chi connectivity index (χ0) is 10.8. The van der Waals surface area contributed by atoms with E-state index in [2.05, 4.69) is 12.1 Å². The van der Waals surface area contributed by atoms with Crippen molar-refractivity contribution in [2.24, 2.45) is 0 Å². The van der Waals surface area contributed by atoms with E-state index in [4.69, 9.17) is 4.74 Å². The highest BCUT2D eigenvalue weighted by molar-refractivity contribution is 5.41. The highest BCUT2D eigenvalue weighted by atomic mass is 16.5. The minimum absolute atomic E-state index is 0.152. The molecule has 1 aliphatic rings. The summed E-state index contributed by atoms with van der Waals surface area (Å²) in [5, 5.41) is 9.20. The predicted octanol–water partition coefficient (Wildman–Crippen LogP) is 2.67. The van der Waals surface area contributed by atoms with Gasteiger partial charge < -0.3 is 9.84 Å². The lowest BCUT2D eigenvalue weighted by molar-refractivity contribution is 0.269. The van der Waals surface area contributed by atoms with Gasteiger partial charge in [-0.1, -0.05) is 19.1 Å². The van der Waals surface area contributed by atoms with E-state index >= 15 is 0 Å². The van der Waals surface area contributed by atoms with E-state index in [-0.39, 0.29) is 12.5 Å². The van der Waals surface area contributed by atoms with E-state index in [0.717, 1.165) is 17.2 Å². The topological polar surface area (TPSA) is 29.5 Å². The van der Waals surface area contributed by atoms with Crippen LogP contribution in [0.5, 0.6) is 5.75 Å². The second-order valence-electron chi connectivity index (χ2n) is 4.36. The fraction of sp³-hybridized carbons (Fsp3) is 0.538. The van der Waals surface area contributed by atoms with Gasteiger partial charge in [-0.3, -0.25) is 0 Å². The van der Waals surface area contributed by atoms with Crippen LogP contribution in [-0.2, 0) is 0 Å². The second kappa shape index (κ2) is 4.23. The molecule has 0 aromatic heterocycles. The molecule has 1 aromatic rings. The highest BCUT2D eigenvalue weighted by Gasteiger charge is 2.24. The van der Waals surface area contributed by atoms with E-state index in [1.54, 1.807) is 7.11 Å². The number of hydrogen-bond acceptors (Lipinski definition) is 2. The lowest BCUT2D eigenvalue weighted by atomic mass is 9.97. The first-order valence-corrected chi connectivity index (χ1v) is 5.55. The lowest BCUT2D eigenvalue weighted by Crippen LogP contribution is -2.02. The third kappa shape index (κ3) is 2.15. The van der Waals surface area contributed by atoms with Crippen molar-refractivity contribution in [1.29, 1.82) is 0 Å². The average Bonchev–Trinajstić information content (AvgIpc) is 3.11. The zero-order valence-electron chi connectivity index (χ0n) is 9.36. The van der Waals surface area contributed by atoms with Gasteiger partial charge in [-0.2, -0.15) is 0 Å².